The van der Waals surface area contributed by atoms with E-state index in [0.29, 0.717) is 10.4 Å². The molecule has 2 aromatic heterocycles. The second-order valence-electron chi connectivity index (χ2n) is 6.60. The van der Waals surface area contributed by atoms with E-state index in [1.54, 1.807) is 12.1 Å². The molecule has 0 spiro atoms. The van der Waals surface area contributed by atoms with Crippen molar-refractivity contribution in [2.75, 3.05) is 32.8 Å². The van der Waals surface area contributed by atoms with E-state index in [2.05, 4.69) is 22.5 Å². The quantitative estimate of drug-likeness (QED) is 0.641. The summed E-state index contributed by atoms with van der Waals surface area (Å²) in [6, 6.07) is 9.82. The number of rotatable bonds is 5. The van der Waals surface area contributed by atoms with Gasteiger partial charge in [0.25, 0.3) is 0 Å². The molecule has 1 aromatic carbocycles. The lowest BCUT2D eigenvalue weighted by Crippen LogP contribution is -2.38. The number of ketones is 1. The lowest BCUT2D eigenvalue weighted by atomic mass is 10.1. The van der Waals surface area contributed by atoms with Gasteiger partial charge in [0.2, 0.25) is 5.78 Å². The van der Waals surface area contributed by atoms with Crippen LogP contribution in [-0.2, 0) is 11.3 Å². The molecule has 0 saturated carbocycles. The minimum absolute atomic E-state index is 0.0522. The van der Waals surface area contributed by atoms with Gasteiger partial charge in [0.1, 0.15) is 10.6 Å². The molecule has 1 aliphatic rings. The molecule has 0 radical (unpaired) electrons. The van der Waals surface area contributed by atoms with Gasteiger partial charge < -0.3 is 9.30 Å². The van der Waals surface area contributed by atoms with E-state index in [1.165, 1.54) is 29.2 Å². The number of benzene rings is 1. The van der Waals surface area contributed by atoms with Gasteiger partial charge in [-0.3, -0.25) is 9.69 Å². The van der Waals surface area contributed by atoms with E-state index in [-0.39, 0.29) is 11.6 Å². The number of carbonyl (C=O) groups is 1. The predicted octanol–water partition coefficient (Wildman–Crippen LogP) is 3.71. The fraction of sp³-hybridized carbons (Fsp3) is 0.350. The largest absolute Gasteiger partial charge is 0.379 e. The third-order valence-corrected chi connectivity index (χ3v) is 6.02. The van der Waals surface area contributed by atoms with E-state index >= 15 is 0 Å². The standard InChI is InChI=1S/C20H21FN2O2S/c1-14-12-16-13-18(19(24)15-2-4-17(21)5-3-15)26-20(16)23(14)7-6-22-8-10-25-11-9-22/h2-5,12-13H,6-11H2,1H3. The average Bonchev–Trinajstić information content (AvgIpc) is 3.18. The Morgan fingerprint density at radius 1 is 1.15 bits per heavy atom. The van der Waals surface area contributed by atoms with Crippen molar-refractivity contribution in [3.63, 3.8) is 0 Å². The molecule has 1 saturated heterocycles. The molecule has 0 atom stereocenters. The first-order valence-corrected chi connectivity index (χ1v) is 9.63. The number of hydrogen-bond donors (Lipinski definition) is 0. The smallest absolute Gasteiger partial charge is 0.203 e. The SMILES string of the molecule is Cc1cc2cc(C(=O)c3ccc(F)cc3)sc2n1CCN1CCOCC1. The highest BCUT2D eigenvalue weighted by atomic mass is 32.1. The zero-order valence-electron chi connectivity index (χ0n) is 14.7. The first kappa shape index (κ1) is 17.4. The summed E-state index contributed by atoms with van der Waals surface area (Å²) in [5.74, 6) is -0.383. The number of aryl methyl sites for hydroxylation is 1. The molecular formula is C20H21FN2O2S. The number of ether oxygens (including phenoxy) is 1. The van der Waals surface area contributed by atoms with Gasteiger partial charge in [-0.2, -0.15) is 0 Å². The van der Waals surface area contributed by atoms with Crippen molar-refractivity contribution < 1.29 is 13.9 Å². The fourth-order valence-corrected chi connectivity index (χ4v) is 4.56. The van der Waals surface area contributed by atoms with Crippen LogP contribution in [0.4, 0.5) is 4.39 Å². The molecule has 1 fully saturated rings. The minimum Gasteiger partial charge on any atom is -0.379 e. The molecule has 0 aliphatic carbocycles. The molecule has 1 aliphatic heterocycles. The van der Waals surface area contributed by atoms with Crippen LogP contribution in [0.1, 0.15) is 20.9 Å². The van der Waals surface area contributed by atoms with Crippen LogP contribution in [0.15, 0.2) is 36.4 Å². The van der Waals surface area contributed by atoms with Gasteiger partial charge >= 0.3 is 0 Å². The van der Waals surface area contributed by atoms with Crippen molar-refractivity contribution in [2.45, 2.75) is 13.5 Å². The second kappa shape index (κ2) is 7.31. The van der Waals surface area contributed by atoms with Crippen LogP contribution in [0.25, 0.3) is 10.2 Å². The van der Waals surface area contributed by atoms with Crippen molar-refractivity contribution in [3.05, 3.63) is 58.3 Å². The van der Waals surface area contributed by atoms with Crippen molar-refractivity contribution in [2.24, 2.45) is 0 Å². The Balaban J connectivity index is 1.56. The number of aromatic nitrogens is 1. The van der Waals surface area contributed by atoms with Crippen LogP contribution in [0.5, 0.6) is 0 Å². The molecule has 0 N–H and O–H groups in total. The Morgan fingerprint density at radius 2 is 1.88 bits per heavy atom. The van der Waals surface area contributed by atoms with Crippen LogP contribution >= 0.6 is 11.3 Å². The Kier molecular flexibility index (Phi) is 4.89. The summed E-state index contributed by atoms with van der Waals surface area (Å²) in [4.78, 5) is 16.9. The number of halogens is 1. The first-order valence-electron chi connectivity index (χ1n) is 8.82. The molecule has 6 heteroatoms. The lowest BCUT2D eigenvalue weighted by molar-refractivity contribution is 0.0365. The van der Waals surface area contributed by atoms with Crippen LogP contribution in [0, 0.1) is 12.7 Å². The number of thiophene rings is 1. The third kappa shape index (κ3) is 3.45. The molecule has 0 unspecified atom stereocenters. The highest BCUT2D eigenvalue weighted by molar-refractivity contribution is 7.20. The van der Waals surface area contributed by atoms with Crippen molar-refractivity contribution >= 4 is 27.3 Å². The summed E-state index contributed by atoms with van der Waals surface area (Å²) < 4.78 is 20.8. The summed E-state index contributed by atoms with van der Waals surface area (Å²) in [5, 5.41) is 1.10. The number of morpholine rings is 1. The normalized spacial score (nSPS) is 15.6. The van der Waals surface area contributed by atoms with Gasteiger partial charge in [-0.15, -0.1) is 11.3 Å². The molecular weight excluding hydrogens is 351 g/mol. The number of hydrogen-bond acceptors (Lipinski definition) is 4. The zero-order chi connectivity index (χ0) is 18.1. The molecule has 0 bridgehead atoms. The Bertz CT molecular complexity index is 923. The van der Waals surface area contributed by atoms with Gasteiger partial charge in [-0.25, -0.2) is 4.39 Å². The van der Waals surface area contributed by atoms with E-state index in [9.17, 15) is 9.18 Å². The third-order valence-electron chi connectivity index (χ3n) is 4.85. The Hall–Kier alpha value is -2.02. The minimum atomic E-state index is -0.330. The molecule has 136 valence electrons. The van der Waals surface area contributed by atoms with E-state index in [1.807, 2.05) is 6.07 Å². The fourth-order valence-electron chi connectivity index (χ4n) is 3.37. The van der Waals surface area contributed by atoms with Crippen LogP contribution in [-0.4, -0.2) is 48.1 Å². The summed E-state index contributed by atoms with van der Waals surface area (Å²) in [7, 11) is 0. The zero-order valence-corrected chi connectivity index (χ0v) is 15.5. The Morgan fingerprint density at radius 3 is 2.62 bits per heavy atom. The number of fused-ring (bicyclic) bond motifs is 1. The summed E-state index contributed by atoms with van der Waals surface area (Å²) in [6.45, 7) is 7.54. The van der Waals surface area contributed by atoms with Gasteiger partial charge in [-0.05, 0) is 43.3 Å². The second-order valence-corrected chi connectivity index (χ2v) is 7.63. The van der Waals surface area contributed by atoms with E-state index in [4.69, 9.17) is 4.74 Å². The van der Waals surface area contributed by atoms with Crippen molar-refractivity contribution in [3.8, 4) is 0 Å². The summed E-state index contributed by atoms with van der Waals surface area (Å²) >= 11 is 1.51. The van der Waals surface area contributed by atoms with Crippen molar-refractivity contribution in [1.29, 1.82) is 0 Å². The van der Waals surface area contributed by atoms with Crippen molar-refractivity contribution in [1.82, 2.24) is 9.47 Å². The molecule has 4 nitrogen and oxygen atoms in total. The molecule has 26 heavy (non-hydrogen) atoms. The predicted molar refractivity (Wildman–Crippen MR) is 102 cm³/mol. The molecule has 3 aromatic rings. The van der Waals surface area contributed by atoms with Gasteiger partial charge in [-0.1, -0.05) is 0 Å². The first-order chi connectivity index (χ1) is 12.6. The average molecular weight is 372 g/mol. The highest BCUT2D eigenvalue weighted by Gasteiger charge is 2.17. The maximum Gasteiger partial charge on any atom is 0.203 e. The van der Waals surface area contributed by atoms with Gasteiger partial charge in [0, 0.05) is 42.8 Å². The maximum atomic E-state index is 13.1. The number of nitrogens with zero attached hydrogens (tertiary/aromatic N) is 2. The Labute approximate surface area is 155 Å². The molecule has 0 amide bonds. The van der Waals surface area contributed by atoms with Crippen LogP contribution in [0.2, 0.25) is 0 Å². The summed E-state index contributed by atoms with van der Waals surface area (Å²) in [5.41, 5.74) is 1.73. The monoisotopic (exact) mass is 372 g/mol. The van der Waals surface area contributed by atoms with E-state index in [0.717, 1.165) is 49.6 Å². The lowest BCUT2D eigenvalue weighted by Gasteiger charge is -2.26. The number of carbonyl (C=O) groups excluding carboxylic acids is 1. The highest BCUT2D eigenvalue weighted by Crippen LogP contribution is 2.30. The van der Waals surface area contributed by atoms with Crippen LogP contribution in [0.3, 0.4) is 0 Å². The van der Waals surface area contributed by atoms with Gasteiger partial charge in [0.05, 0.1) is 18.1 Å². The summed E-state index contributed by atoms with van der Waals surface area (Å²) in [6.07, 6.45) is 0. The molecule has 3 heterocycles. The topological polar surface area (TPSA) is 34.5 Å². The maximum absolute atomic E-state index is 13.1. The molecule has 4 rings (SSSR count). The van der Waals surface area contributed by atoms with E-state index < -0.39 is 0 Å². The van der Waals surface area contributed by atoms with Crippen LogP contribution < -0.4 is 0 Å². The van der Waals surface area contributed by atoms with Gasteiger partial charge in [0.15, 0.2) is 0 Å².